The normalized spacial score (nSPS) is 10.1. The van der Waals surface area contributed by atoms with Crippen molar-refractivity contribution in [3.63, 3.8) is 0 Å². The molecule has 4 heteroatoms. The van der Waals surface area contributed by atoms with Crippen LogP contribution in [0.25, 0.3) is 0 Å². The quantitative estimate of drug-likeness (QED) is 0.747. The van der Waals surface area contributed by atoms with Crippen LogP contribution in [0.4, 0.5) is 17.1 Å². The molecule has 4 N–H and O–H groups in total. The Morgan fingerprint density at radius 3 is 2.50 bits per heavy atom. The maximum Gasteiger partial charge on any atom is 0.253 e. The highest BCUT2D eigenvalue weighted by molar-refractivity contribution is 6.01. The second-order valence-electron chi connectivity index (χ2n) is 4.66. The molecular formula is C16H19N3O. The third-order valence-corrected chi connectivity index (χ3v) is 2.96. The number of benzene rings is 2. The summed E-state index contributed by atoms with van der Waals surface area (Å²) in [5.74, 6) is -0.130. The lowest BCUT2D eigenvalue weighted by Crippen LogP contribution is -2.23. The van der Waals surface area contributed by atoms with Crippen LogP contribution < -0.4 is 16.4 Å². The van der Waals surface area contributed by atoms with Crippen LogP contribution in [0.1, 0.15) is 22.8 Å². The van der Waals surface area contributed by atoms with Gasteiger partial charge in [0.1, 0.15) is 0 Å². The van der Waals surface area contributed by atoms with Crippen LogP contribution in [0.2, 0.25) is 0 Å². The van der Waals surface area contributed by atoms with E-state index in [2.05, 4.69) is 10.6 Å². The topological polar surface area (TPSA) is 67.2 Å². The molecule has 2 aromatic rings. The molecule has 0 aliphatic rings. The first-order chi connectivity index (χ1) is 9.60. The molecule has 0 saturated carbocycles. The van der Waals surface area contributed by atoms with Crippen molar-refractivity contribution in [1.82, 2.24) is 5.32 Å². The van der Waals surface area contributed by atoms with Crippen LogP contribution in [0.15, 0.2) is 42.5 Å². The second-order valence-corrected chi connectivity index (χ2v) is 4.66. The number of rotatable bonds is 4. The van der Waals surface area contributed by atoms with E-state index in [1.54, 1.807) is 12.1 Å². The SMILES string of the molecule is CCNC(=O)c1cc(N)ccc1Nc1ccc(C)cc1. The predicted octanol–water partition coefficient (Wildman–Crippen LogP) is 3.07. The number of carbonyl (C=O) groups excluding carboxylic acids is 1. The molecule has 104 valence electrons. The lowest BCUT2D eigenvalue weighted by Gasteiger charge is -2.13. The van der Waals surface area contributed by atoms with Gasteiger partial charge in [-0.05, 0) is 44.2 Å². The van der Waals surface area contributed by atoms with Crippen molar-refractivity contribution >= 4 is 23.0 Å². The van der Waals surface area contributed by atoms with E-state index in [0.717, 1.165) is 11.4 Å². The molecule has 0 saturated heterocycles. The van der Waals surface area contributed by atoms with Gasteiger partial charge in [-0.2, -0.15) is 0 Å². The molecule has 0 fully saturated rings. The maximum atomic E-state index is 12.1. The van der Waals surface area contributed by atoms with Crippen molar-refractivity contribution in [3.8, 4) is 0 Å². The standard InChI is InChI=1S/C16H19N3O/c1-3-18-16(20)14-10-12(17)6-9-15(14)19-13-7-4-11(2)5-8-13/h4-10,19H,3,17H2,1-2H3,(H,18,20). The van der Waals surface area contributed by atoms with E-state index in [4.69, 9.17) is 5.73 Å². The van der Waals surface area contributed by atoms with E-state index in [-0.39, 0.29) is 5.91 Å². The molecule has 0 bridgehead atoms. The van der Waals surface area contributed by atoms with Crippen molar-refractivity contribution < 1.29 is 4.79 Å². The van der Waals surface area contributed by atoms with E-state index in [1.807, 2.05) is 44.2 Å². The van der Waals surface area contributed by atoms with Gasteiger partial charge in [0.25, 0.3) is 5.91 Å². The molecule has 4 nitrogen and oxygen atoms in total. The first-order valence-electron chi connectivity index (χ1n) is 6.61. The second kappa shape index (κ2) is 6.10. The number of nitrogens with one attached hydrogen (secondary N) is 2. The number of nitrogens with two attached hydrogens (primary N) is 1. The Bertz CT molecular complexity index is 606. The summed E-state index contributed by atoms with van der Waals surface area (Å²) in [6, 6.07) is 13.3. The molecule has 0 aliphatic heterocycles. The van der Waals surface area contributed by atoms with Gasteiger partial charge in [0, 0.05) is 17.9 Å². The molecule has 0 spiro atoms. The highest BCUT2D eigenvalue weighted by Gasteiger charge is 2.11. The van der Waals surface area contributed by atoms with Crippen molar-refractivity contribution in [1.29, 1.82) is 0 Å². The predicted molar refractivity (Wildman–Crippen MR) is 83.3 cm³/mol. The van der Waals surface area contributed by atoms with Crippen LogP contribution in [-0.4, -0.2) is 12.5 Å². The van der Waals surface area contributed by atoms with Gasteiger partial charge < -0.3 is 16.4 Å². The molecule has 0 aliphatic carbocycles. The maximum absolute atomic E-state index is 12.1. The van der Waals surface area contributed by atoms with Gasteiger partial charge in [0.15, 0.2) is 0 Å². The zero-order valence-electron chi connectivity index (χ0n) is 11.7. The van der Waals surface area contributed by atoms with E-state index in [1.165, 1.54) is 5.56 Å². The molecule has 0 heterocycles. The van der Waals surface area contributed by atoms with E-state index >= 15 is 0 Å². The Morgan fingerprint density at radius 2 is 1.85 bits per heavy atom. The average molecular weight is 269 g/mol. The highest BCUT2D eigenvalue weighted by Crippen LogP contribution is 2.23. The lowest BCUT2D eigenvalue weighted by atomic mass is 10.1. The molecule has 2 rings (SSSR count). The van der Waals surface area contributed by atoms with E-state index in [9.17, 15) is 4.79 Å². The first-order valence-corrected chi connectivity index (χ1v) is 6.61. The summed E-state index contributed by atoms with van der Waals surface area (Å²) in [6.45, 7) is 4.50. The van der Waals surface area contributed by atoms with Gasteiger partial charge >= 0.3 is 0 Å². The van der Waals surface area contributed by atoms with Gasteiger partial charge in [0.2, 0.25) is 0 Å². The first kappa shape index (κ1) is 13.9. The summed E-state index contributed by atoms with van der Waals surface area (Å²) in [7, 11) is 0. The Kier molecular flexibility index (Phi) is 4.25. The monoisotopic (exact) mass is 269 g/mol. The Balaban J connectivity index is 2.31. The third kappa shape index (κ3) is 3.29. The number of hydrogen-bond acceptors (Lipinski definition) is 3. The molecule has 0 radical (unpaired) electrons. The fourth-order valence-corrected chi connectivity index (χ4v) is 1.91. The summed E-state index contributed by atoms with van der Waals surface area (Å²) in [5.41, 5.74) is 9.76. The minimum atomic E-state index is -0.130. The Hall–Kier alpha value is -2.49. The van der Waals surface area contributed by atoms with Crippen molar-refractivity contribution in [2.24, 2.45) is 0 Å². The Morgan fingerprint density at radius 1 is 1.15 bits per heavy atom. The minimum Gasteiger partial charge on any atom is -0.399 e. The third-order valence-electron chi connectivity index (χ3n) is 2.96. The Labute approximate surface area is 119 Å². The van der Waals surface area contributed by atoms with Crippen LogP contribution in [-0.2, 0) is 0 Å². The summed E-state index contributed by atoms with van der Waals surface area (Å²) in [6.07, 6.45) is 0. The molecular weight excluding hydrogens is 250 g/mol. The molecule has 0 aromatic heterocycles. The van der Waals surface area contributed by atoms with Gasteiger partial charge in [-0.25, -0.2) is 0 Å². The fourth-order valence-electron chi connectivity index (χ4n) is 1.91. The van der Waals surface area contributed by atoms with Crippen molar-refractivity contribution in [2.75, 3.05) is 17.6 Å². The number of hydrogen-bond donors (Lipinski definition) is 3. The fraction of sp³-hybridized carbons (Fsp3) is 0.188. The van der Waals surface area contributed by atoms with Crippen LogP contribution >= 0.6 is 0 Å². The zero-order valence-corrected chi connectivity index (χ0v) is 11.7. The summed E-state index contributed by atoms with van der Waals surface area (Å²) in [5, 5.41) is 6.04. The van der Waals surface area contributed by atoms with Gasteiger partial charge in [-0.3, -0.25) is 4.79 Å². The highest BCUT2D eigenvalue weighted by atomic mass is 16.1. The van der Waals surface area contributed by atoms with Crippen molar-refractivity contribution in [2.45, 2.75) is 13.8 Å². The number of nitrogen functional groups attached to an aromatic ring is 1. The molecule has 0 atom stereocenters. The molecule has 20 heavy (non-hydrogen) atoms. The van der Waals surface area contributed by atoms with Crippen LogP contribution in [0, 0.1) is 6.92 Å². The number of amides is 1. The van der Waals surface area contributed by atoms with Crippen LogP contribution in [0.5, 0.6) is 0 Å². The smallest absolute Gasteiger partial charge is 0.253 e. The number of carbonyl (C=O) groups is 1. The zero-order chi connectivity index (χ0) is 14.5. The average Bonchev–Trinajstić information content (AvgIpc) is 2.43. The van der Waals surface area contributed by atoms with E-state index < -0.39 is 0 Å². The van der Waals surface area contributed by atoms with Crippen LogP contribution in [0.3, 0.4) is 0 Å². The number of anilines is 3. The van der Waals surface area contributed by atoms with Gasteiger partial charge in [0.05, 0.1) is 11.3 Å². The largest absolute Gasteiger partial charge is 0.399 e. The van der Waals surface area contributed by atoms with Crippen molar-refractivity contribution in [3.05, 3.63) is 53.6 Å². The van der Waals surface area contributed by atoms with Gasteiger partial charge in [-0.15, -0.1) is 0 Å². The minimum absolute atomic E-state index is 0.130. The van der Waals surface area contributed by atoms with E-state index in [0.29, 0.717) is 17.8 Å². The lowest BCUT2D eigenvalue weighted by molar-refractivity contribution is 0.0956. The molecule has 1 amide bonds. The van der Waals surface area contributed by atoms with Gasteiger partial charge in [-0.1, -0.05) is 17.7 Å². The summed E-state index contributed by atoms with van der Waals surface area (Å²) < 4.78 is 0. The number of aryl methyl sites for hydroxylation is 1. The summed E-state index contributed by atoms with van der Waals surface area (Å²) >= 11 is 0. The summed E-state index contributed by atoms with van der Waals surface area (Å²) in [4.78, 5) is 12.1. The molecule has 0 unspecified atom stereocenters. The molecule has 2 aromatic carbocycles.